The topological polar surface area (TPSA) is 57.3 Å². The summed E-state index contributed by atoms with van der Waals surface area (Å²) in [5.74, 6) is -0.0611. The van der Waals surface area contributed by atoms with Crippen molar-refractivity contribution in [3.05, 3.63) is 66.4 Å². The lowest BCUT2D eigenvalue weighted by atomic mass is 10.1. The number of fused-ring (bicyclic) bond motifs is 1. The highest BCUT2D eigenvalue weighted by molar-refractivity contribution is 6.14. The Balaban J connectivity index is 0.00000210. The first-order valence-corrected chi connectivity index (χ1v) is 8.92. The minimum atomic E-state index is -0.0611. The number of nitrogens with one attached hydrogen (secondary N) is 2. The second-order valence-electron chi connectivity index (χ2n) is 6.59. The fraction of sp³-hybridized carbons (Fsp3) is 0.238. The number of aromatic nitrogens is 1. The molecule has 2 heterocycles. The van der Waals surface area contributed by atoms with E-state index < -0.39 is 0 Å². The molecule has 0 saturated carbocycles. The quantitative estimate of drug-likeness (QED) is 0.722. The van der Waals surface area contributed by atoms with Crippen molar-refractivity contribution in [1.29, 1.82) is 0 Å². The van der Waals surface area contributed by atoms with Gasteiger partial charge in [0.15, 0.2) is 0 Å². The van der Waals surface area contributed by atoms with E-state index in [-0.39, 0.29) is 18.3 Å². The van der Waals surface area contributed by atoms with Gasteiger partial charge in [0.1, 0.15) is 0 Å². The van der Waals surface area contributed by atoms with Crippen LogP contribution in [0.3, 0.4) is 0 Å². The molecule has 0 radical (unpaired) electrons. The zero-order chi connectivity index (χ0) is 17.9. The maximum Gasteiger partial charge on any atom is 0.260 e. The van der Waals surface area contributed by atoms with E-state index in [0.717, 1.165) is 41.8 Å². The number of benzene rings is 2. The van der Waals surface area contributed by atoms with Crippen molar-refractivity contribution >= 4 is 40.6 Å². The highest BCUT2D eigenvalue weighted by Crippen LogP contribution is 2.28. The Bertz CT molecular complexity index is 926. The average Bonchev–Trinajstić information content (AvgIpc) is 3.21. The highest BCUT2D eigenvalue weighted by Gasteiger charge is 2.20. The van der Waals surface area contributed by atoms with E-state index in [1.165, 1.54) is 0 Å². The number of hydrogen-bond acceptors (Lipinski definition) is 4. The smallest absolute Gasteiger partial charge is 0.260 e. The van der Waals surface area contributed by atoms with Crippen LogP contribution < -0.4 is 15.5 Å². The second-order valence-corrected chi connectivity index (χ2v) is 6.59. The summed E-state index contributed by atoms with van der Waals surface area (Å²) in [6.07, 6.45) is 2.84. The average molecular weight is 383 g/mol. The van der Waals surface area contributed by atoms with E-state index in [9.17, 15) is 4.79 Å². The van der Waals surface area contributed by atoms with E-state index in [4.69, 9.17) is 0 Å². The van der Waals surface area contributed by atoms with Crippen LogP contribution in [0.1, 0.15) is 16.8 Å². The summed E-state index contributed by atoms with van der Waals surface area (Å²) >= 11 is 0. The van der Waals surface area contributed by atoms with Crippen LogP contribution in [0.25, 0.3) is 10.9 Å². The van der Waals surface area contributed by atoms with Gasteiger partial charge in [-0.2, -0.15) is 0 Å². The fourth-order valence-corrected chi connectivity index (χ4v) is 3.42. The van der Waals surface area contributed by atoms with E-state index in [0.29, 0.717) is 11.6 Å². The van der Waals surface area contributed by atoms with Crippen molar-refractivity contribution in [2.75, 3.05) is 30.4 Å². The van der Waals surface area contributed by atoms with Crippen LogP contribution in [-0.2, 0) is 0 Å². The monoisotopic (exact) mass is 382 g/mol. The molecule has 1 saturated heterocycles. The predicted molar refractivity (Wildman–Crippen MR) is 113 cm³/mol. The molecule has 5 nitrogen and oxygen atoms in total. The summed E-state index contributed by atoms with van der Waals surface area (Å²) in [6.45, 7) is 1.99. The van der Waals surface area contributed by atoms with E-state index >= 15 is 0 Å². The van der Waals surface area contributed by atoms with Crippen LogP contribution in [0.5, 0.6) is 0 Å². The lowest BCUT2D eigenvalue weighted by Crippen LogP contribution is -2.27. The predicted octanol–water partition coefficient (Wildman–Crippen LogP) is 3.71. The van der Waals surface area contributed by atoms with Gasteiger partial charge in [-0.05, 0) is 49.4 Å². The van der Waals surface area contributed by atoms with Crippen LogP contribution in [0.4, 0.5) is 11.4 Å². The van der Waals surface area contributed by atoms with Crippen LogP contribution in [0.2, 0.25) is 0 Å². The number of nitrogens with zero attached hydrogens (tertiary/aromatic N) is 2. The summed E-state index contributed by atoms with van der Waals surface area (Å²) < 4.78 is 0. The molecule has 1 aromatic heterocycles. The van der Waals surface area contributed by atoms with Crippen LogP contribution in [0, 0.1) is 0 Å². The first-order valence-electron chi connectivity index (χ1n) is 8.92. The molecule has 0 aliphatic carbocycles. The molecule has 27 heavy (non-hydrogen) atoms. The van der Waals surface area contributed by atoms with Gasteiger partial charge in [-0.1, -0.05) is 18.2 Å². The second kappa shape index (κ2) is 8.37. The highest BCUT2D eigenvalue weighted by atomic mass is 35.5. The first kappa shape index (κ1) is 19.1. The van der Waals surface area contributed by atoms with Crippen molar-refractivity contribution in [3.8, 4) is 0 Å². The van der Waals surface area contributed by atoms with Gasteiger partial charge in [-0.15, -0.1) is 12.4 Å². The SMILES string of the molecule is CN(C(=O)c1ccc(N[C@H]2CCNC2)c2cccnc12)c1ccccc1.Cl. The number of amides is 1. The molecule has 2 aromatic carbocycles. The Kier molecular flexibility index (Phi) is 5.94. The third kappa shape index (κ3) is 3.89. The minimum Gasteiger partial charge on any atom is -0.380 e. The number of carbonyl (C=O) groups is 1. The third-order valence-corrected chi connectivity index (χ3v) is 4.87. The molecule has 4 rings (SSSR count). The summed E-state index contributed by atoms with van der Waals surface area (Å²) in [7, 11) is 1.79. The van der Waals surface area contributed by atoms with Gasteiger partial charge in [-0.25, -0.2) is 0 Å². The number of anilines is 2. The number of rotatable bonds is 4. The zero-order valence-electron chi connectivity index (χ0n) is 15.2. The third-order valence-electron chi connectivity index (χ3n) is 4.87. The molecule has 0 unspecified atom stereocenters. The Hall–Kier alpha value is -2.63. The summed E-state index contributed by atoms with van der Waals surface area (Å²) in [6, 6.07) is 17.9. The molecule has 1 fully saturated rings. The first-order chi connectivity index (χ1) is 12.7. The van der Waals surface area contributed by atoms with Gasteiger partial charge < -0.3 is 15.5 Å². The van der Waals surface area contributed by atoms with Gasteiger partial charge in [0.05, 0.1) is 11.1 Å². The van der Waals surface area contributed by atoms with Crippen LogP contribution in [-0.4, -0.2) is 37.1 Å². The van der Waals surface area contributed by atoms with Crippen LogP contribution >= 0.6 is 12.4 Å². The fourth-order valence-electron chi connectivity index (χ4n) is 3.42. The number of para-hydroxylation sites is 1. The molecular weight excluding hydrogens is 360 g/mol. The van der Waals surface area contributed by atoms with E-state index in [1.807, 2.05) is 54.6 Å². The molecule has 3 aromatic rings. The van der Waals surface area contributed by atoms with E-state index in [2.05, 4.69) is 15.6 Å². The van der Waals surface area contributed by atoms with Gasteiger partial charge >= 0.3 is 0 Å². The van der Waals surface area contributed by atoms with Gasteiger partial charge in [0.2, 0.25) is 0 Å². The number of hydrogen-bond donors (Lipinski definition) is 2. The molecule has 2 N–H and O–H groups in total. The number of halogens is 1. The lowest BCUT2D eigenvalue weighted by Gasteiger charge is -2.20. The summed E-state index contributed by atoms with van der Waals surface area (Å²) in [5.41, 5.74) is 3.24. The maximum atomic E-state index is 13.1. The Morgan fingerprint density at radius 2 is 1.96 bits per heavy atom. The van der Waals surface area contributed by atoms with Gasteiger partial charge in [-0.3, -0.25) is 9.78 Å². The minimum absolute atomic E-state index is 0. The molecule has 1 aliphatic rings. The zero-order valence-corrected chi connectivity index (χ0v) is 16.0. The number of carbonyl (C=O) groups excluding carboxylic acids is 1. The normalized spacial score (nSPS) is 16.0. The maximum absolute atomic E-state index is 13.1. The molecule has 1 atom stereocenters. The Morgan fingerprint density at radius 3 is 2.70 bits per heavy atom. The van der Waals surface area contributed by atoms with Crippen molar-refractivity contribution in [2.24, 2.45) is 0 Å². The Labute approximate surface area is 165 Å². The molecule has 1 aliphatic heterocycles. The van der Waals surface area contributed by atoms with E-state index in [1.54, 1.807) is 18.1 Å². The molecule has 6 heteroatoms. The van der Waals surface area contributed by atoms with Crippen molar-refractivity contribution in [2.45, 2.75) is 12.5 Å². The number of pyridine rings is 1. The van der Waals surface area contributed by atoms with Crippen molar-refractivity contribution in [1.82, 2.24) is 10.3 Å². The molecule has 0 bridgehead atoms. The van der Waals surface area contributed by atoms with Crippen molar-refractivity contribution < 1.29 is 4.79 Å². The van der Waals surface area contributed by atoms with Gasteiger partial charge in [0, 0.05) is 42.6 Å². The van der Waals surface area contributed by atoms with Crippen LogP contribution in [0.15, 0.2) is 60.8 Å². The Morgan fingerprint density at radius 1 is 1.15 bits per heavy atom. The standard InChI is InChI=1S/C21H22N4O.ClH/c1-25(16-6-3-2-4-7-16)21(26)18-9-10-19(24-15-11-13-22-14-15)17-8-5-12-23-20(17)18;/h2-10,12,15,22,24H,11,13-14H2,1H3;1H/t15-;/m0./s1. The lowest BCUT2D eigenvalue weighted by molar-refractivity contribution is 0.0994. The molecule has 1 amide bonds. The largest absolute Gasteiger partial charge is 0.380 e. The molecule has 140 valence electrons. The summed E-state index contributed by atoms with van der Waals surface area (Å²) in [5, 5.41) is 7.93. The molecular formula is C21H23ClN4O. The summed E-state index contributed by atoms with van der Waals surface area (Å²) in [4.78, 5) is 19.2. The van der Waals surface area contributed by atoms with Crippen molar-refractivity contribution in [3.63, 3.8) is 0 Å². The van der Waals surface area contributed by atoms with Gasteiger partial charge in [0.25, 0.3) is 5.91 Å². The molecule has 0 spiro atoms.